The van der Waals surface area contributed by atoms with Crippen molar-refractivity contribution >= 4 is 16.8 Å². The highest BCUT2D eigenvalue weighted by atomic mass is 16.5. The van der Waals surface area contributed by atoms with E-state index >= 15 is 0 Å². The quantitative estimate of drug-likeness (QED) is 0.714. The minimum Gasteiger partial charge on any atom is -0.508 e. The van der Waals surface area contributed by atoms with Gasteiger partial charge in [0.15, 0.2) is 0 Å². The average molecular weight is 292 g/mol. The second kappa shape index (κ2) is 6.22. The van der Waals surface area contributed by atoms with E-state index in [4.69, 9.17) is 9.47 Å². The van der Waals surface area contributed by atoms with Crippen LogP contribution in [0.5, 0.6) is 17.2 Å². The number of aromatic hydroxyl groups is 1. The van der Waals surface area contributed by atoms with Crippen LogP contribution in [0.2, 0.25) is 0 Å². The van der Waals surface area contributed by atoms with Crippen molar-refractivity contribution in [2.75, 3.05) is 7.11 Å². The van der Waals surface area contributed by atoms with Crippen LogP contribution < -0.4 is 9.47 Å². The van der Waals surface area contributed by atoms with E-state index in [1.165, 1.54) is 5.39 Å². The van der Waals surface area contributed by atoms with Gasteiger partial charge in [0, 0.05) is 6.07 Å². The van der Waals surface area contributed by atoms with Gasteiger partial charge in [-0.25, -0.2) is 0 Å². The number of hydrogen-bond acceptors (Lipinski definition) is 3. The SMILES string of the molecule is COc1cc(O)cc(/C=C/Oc2ccc3ccccc3c2)c1. The lowest BCUT2D eigenvalue weighted by Crippen LogP contribution is -1.85. The first-order chi connectivity index (χ1) is 10.7. The molecule has 0 heterocycles. The zero-order valence-corrected chi connectivity index (χ0v) is 12.2. The molecule has 0 fully saturated rings. The second-order valence-electron chi connectivity index (χ2n) is 4.89. The lowest BCUT2D eigenvalue weighted by molar-refractivity contribution is 0.407. The van der Waals surface area contributed by atoms with E-state index in [1.54, 1.807) is 31.6 Å². The van der Waals surface area contributed by atoms with Crippen molar-refractivity contribution in [3.8, 4) is 17.2 Å². The molecule has 1 N–H and O–H groups in total. The van der Waals surface area contributed by atoms with Gasteiger partial charge in [0.05, 0.1) is 13.4 Å². The summed E-state index contributed by atoms with van der Waals surface area (Å²) in [6.07, 6.45) is 3.37. The Morgan fingerprint density at radius 1 is 0.864 bits per heavy atom. The Labute approximate surface area is 129 Å². The number of ether oxygens (including phenoxy) is 2. The molecule has 3 heteroatoms. The second-order valence-corrected chi connectivity index (χ2v) is 4.89. The molecule has 0 radical (unpaired) electrons. The lowest BCUT2D eigenvalue weighted by atomic mass is 10.1. The van der Waals surface area contributed by atoms with E-state index in [1.807, 2.05) is 42.5 Å². The van der Waals surface area contributed by atoms with Crippen molar-refractivity contribution in [1.82, 2.24) is 0 Å². The first kappa shape index (κ1) is 14.0. The van der Waals surface area contributed by atoms with Crippen LogP contribution in [-0.4, -0.2) is 12.2 Å². The van der Waals surface area contributed by atoms with Crippen LogP contribution in [0.3, 0.4) is 0 Å². The summed E-state index contributed by atoms with van der Waals surface area (Å²) in [6.45, 7) is 0. The molecule has 22 heavy (non-hydrogen) atoms. The average Bonchev–Trinajstić information content (AvgIpc) is 2.54. The van der Waals surface area contributed by atoms with E-state index in [0.29, 0.717) is 5.75 Å². The number of hydrogen-bond donors (Lipinski definition) is 1. The van der Waals surface area contributed by atoms with Crippen molar-refractivity contribution < 1.29 is 14.6 Å². The maximum Gasteiger partial charge on any atom is 0.127 e. The topological polar surface area (TPSA) is 38.7 Å². The Hall–Kier alpha value is -2.94. The van der Waals surface area contributed by atoms with Gasteiger partial charge in [-0.15, -0.1) is 0 Å². The van der Waals surface area contributed by atoms with Gasteiger partial charge < -0.3 is 14.6 Å². The third-order valence-electron chi connectivity index (χ3n) is 3.33. The molecule has 0 atom stereocenters. The van der Waals surface area contributed by atoms with Crippen LogP contribution >= 0.6 is 0 Å². The van der Waals surface area contributed by atoms with Crippen molar-refractivity contribution in [3.63, 3.8) is 0 Å². The molecule has 3 aromatic rings. The minimum absolute atomic E-state index is 0.157. The van der Waals surface area contributed by atoms with E-state index in [-0.39, 0.29) is 5.75 Å². The molecule has 0 saturated carbocycles. The van der Waals surface area contributed by atoms with Gasteiger partial charge in [0.2, 0.25) is 0 Å². The van der Waals surface area contributed by atoms with Gasteiger partial charge in [-0.3, -0.25) is 0 Å². The summed E-state index contributed by atoms with van der Waals surface area (Å²) < 4.78 is 10.7. The van der Waals surface area contributed by atoms with Gasteiger partial charge in [-0.05, 0) is 46.7 Å². The maximum absolute atomic E-state index is 9.61. The van der Waals surface area contributed by atoms with Crippen LogP contribution in [-0.2, 0) is 0 Å². The third kappa shape index (κ3) is 3.20. The highest BCUT2D eigenvalue weighted by Gasteiger charge is 1.98. The fourth-order valence-electron chi connectivity index (χ4n) is 2.25. The fraction of sp³-hybridized carbons (Fsp3) is 0.0526. The Morgan fingerprint density at radius 3 is 2.50 bits per heavy atom. The molecule has 0 aliphatic carbocycles. The largest absolute Gasteiger partial charge is 0.508 e. The molecular weight excluding hydrogens is 276 g/mol. The Bertz CT molecular complexity index is 822. The van der Waals surface area contributed by atoms with Crippen molar-refractivity contribution in [1.29, 1.82) is 0 Å². The van der Waals surface area contributed by atoms with E-state index in [9.17, 15) is 5.11 Å². The predicted molar refractivity (Wildman–Crippen MR) is 88.3 cm³/mol. The smallest absolute Gasteiger partial charge is 0.127 e. The van der Waals surface area contributed by atoms with Crippen molar-refractivity contribution in [3.05, 3.63) is 72.5 Å². The summed E-state index contributed by atoms with van der Waals surface area (Å²) in [7, 11) is 1.56. The molecule has 0 aromatic heterocycles. The molecule has 3 aromatic carbocycles. The van der Waals surface area contributed by atoms with Crippen molar-refractivity contribution in [2.45, 2.75) is 0 Å². The van der Waals surface area contributed by atoms with Crippen LogP contribution in [0.4, 0.5) is 0 Å². The molecule has 0 amide bonds. The molecule has 3 rings (SSSR count). The standard InChI is InChI=1S/C19H16O3/c1-21-19-11-14(10-17(20)13-19)8-9-22-18-7-6-15-4-2-3-5-16(15)12-18/h2-13,20H,1H3/b9-8+. The number of methoxy groups -OCH3 is 1. The molecule has 0 spiro atoms. The van der Waals surface area contributed by atoms with E-state index in [2.05, 4.69) is 6.07 Å². The number of fused-ring (bicyclic) bond motifs is 1. The highest BCUT2D eigenvalue weighted by Crippen LogP contribution is 2.23. The van der Waals surface area contributed by atoms with Gasteiger partial charge in [-0.2, -0.15) is 0 Å². The predicted octanol–water partition coefficient (Wildman–Crippen LogP) is 4.60. The van der Waals surface area contributed by atoms with Crippen LogP contribution in [0, 0.1) is 0 Å². The Morgan fingerprint density at radius 2 is 1.68 bits per heavy atom. The summed E-state index contributed by atoms with van der Waals surface area (Å²) >= 11 is 0. The molecule has 0 unspecified atom stereocenters. The number of phenolic OH excluding ortho intramolecular Hbond substituents is 1. The van der Waals surface area contributed by atoms with Gasteiger partial charge in [0.1, 0.15) is 17.2 Å². The first-order valence-electron chi connectivity index (χ1n) is 6.95. The maximum atomic E-state index is 9.61. The van der Waals surface area contributed by atoms with Crippen LogP contribution in [0.1, 0.15) is 5.56 Å². The number of rotatable bonds is 4. The summed E-state index contributed by atoms with van der Waals surface area (Å²) in [6, 6.07) is 19.1. The summed E-state index contributed by atoms with van der Waals surface area (Å²) in [5, 5.41) is 11.9. The van der Waals surface area contributed by atoms with Gasteiger partial charge in [0.25, 0.3) is 0 Å². The number of phenols is 1. The van der Waals surface area contributed by atoms with E-state index in [0.717, 1.165) is 16.7 Å². The van der Waals surface area contributed by atoms with Crippen molar-refractivity contribution in [2.24, 2.45) is 0 Å². The normalized spacial score (nSPS) is 11.0. The zero-order chi connectivity index (χ0) is 15.4. The molecule has 0 aliphatic heterocycles. The first-order valence-corrected chi connectivity index (χ1v) is 6.95. The number of benzene rings is 3. The summed E-state index contributed by atoms with van der Waals surface area (Å²) in [5.74, 6) is 1.53. The summed E-state index contributed by atoms with van der Waals surface area (Å²) in [5.41, 5.74) is 0.803. The van der Waals surface area contributed by atoms with Gasteiger partial charge in [-0.1, -0.05) is 30.3 Å². The Kier molecular flexibility index (Phi) is 3.97. The molecule has 0 aliphatic rings. The van der Waals surface area contributed by atoms with Crippen LogP contribution in [0.25, 0.3) is 16.8 Å². The zero-order valence-electron chi connectivity index (χ0n) is 12.2. The monoisotopic (exact) mass is 292 g/mol. The summed E-state index contributed by atoms with van der Waals surface area (Å²) in [4.78, 5) is 0. The fourth-order valence-corrected chi connectivity index (χ4v) is 2.25. The van der Waals surface area contributed by atoms with Gasteiger partial charge >= 0.3 is 0 Å². The molecule has 110 valence electrons. The third-order valence-corrected chi connectivity index (χ3v) is 3.33. The minimum atomic E-state index is 0.157. The van der Waals surface area contributed by atoms with Crippen LogP contribution in [0.15, 0.2) is 66.9 Å². The molecule has 0 bridgehead atoms. The van der Waals surface area contributed by atoms with E-state index < -0.39 is 0 Å². The lowest BCUT2D eigenvalue weighted by Gasteiger charge is -2.04. The Balaban J connectivity index is 1.77. The highest BCUT2D eigenvalue weighted by molar-refractivity contribution is 5.83. The molecular formula is C19H16O3. The molecule has 3 nitrogen and oxygen atoms in total. The molecule has 0 saturated heterocycles.